The molecule has 0 nitrogen and oxygen atoms in total. The third-order valence-electron chi connectivity index (χ3n) is 2.62. The molecular formula is C16H16. The number of rotatable bonds is 2. The van der Waals surface area contributed by atoms with Gasteiger partial charge in [0.15, 0.2) is 0 Å². The molecule has 80 valence electrons. The molecule has 0 fully saturated rings. The maximum Gasteiger partial charge on any atom is -0.0256 e. The van der Waals surface area contributed by atoms with Crippen molar-refractivity contribution in [2.24, 2.45) is 0 Å². The Morgan fingerprint density at radius 3 is 1.19 bits per heavy atom. The summed E-state index contributed by atoms with van der Waals surface area (Å²) in [6, 6.07) is 17.1. The van der Waals surface area contributed by atoms with Crippen LogP contribution in [0.5, 0.6) is 0 Å². The van der Waals surface area contributed by atoms with Crippen molar-refractivity contribution in [1.82, 2.24) is 0 Å². The third-order valence-corrected chi connectivity index (χ3v) is 2.62. The highest BCUT2D eigenvalue weighted by atomic mass is 13.9. The van der Waals surface area contributed by atoms with E-state index in [2.05, 4.69) is 74.5 Å². The Hall–Kier alpha value is -1.82. The van der Waals surface area contributed by atoms with Crippen LogP contribution in [0.2, 0.25) is 0 Å². The van der Waals surface area contributed by atoms with Crippen molar-refractivity contribution in [3.8, 4) is 0 Å². The maximum atomic E-state index is 2.14. The molecule has 0 aliphatic heterocycles. The van der Waals surface area contributed by atoms with Crippen molar-refractivity contribution >= 4 is 12.2 Å². The van der Waals surface area contributed by atoms with Gasteiger partial charge in [0.25, 0.3) is 0 Å². The van der Waals surface area contributed by atoms with Crippen molar-refractivity contribution in [3.05, 3.63) is 70.8 Å². The normalized spacial score (nSPS) is 10.9. The van der Waals surface area contributed by atoms with Gasteiger partial charge in [-0.25, -0.2) is 0 Å². The molecule has 0 saturated heterocycles. The first kappa shape index (κ1) is 10.7. The van der Waals surface area contributed by atoms with Crippen molar-refractivity contribution in [2.75, 3.05) is 0 Å². The molecule has 0 saturated carbocycles. The van der Waals surface area contributed by atoms with E-state index < -0.39 is 0 Å². The molecule has 0 amide bonds. The summed E-state index contributed by atoms with van der Waals surface area (Å²) >= 11 is 0. The van der Waals surface area contributed by atoms with Crippen LogP contribution in [0.3, 0.4) is 0 Å². The minimum Gasteiger partial charge on any atom is -0.0587 e. The van der Waals surface area contributed by atoms with Crippen LogP contribution >= 0.6 is 0 Å². The van der Waals surface area contributed by atoms with E-state index >= 15 is 0 Å². The minimum atomic E-state index is 1.24. The highest BCUT2D eigenvalue weighted by Gasteiger charge is 1.88. The predicted octanol–water partition coefficient (Wildman–Crippen LogP) is 4.47. The van der Waals surface area contributed by atoms with Crippen molar-refractivity contribution in [1.29, 1.82) is 0 Å². The van der Waals surface area contributed by atoms with Crippen LogP contribution in [0.15, 0.2) is 48.5 Å². The van der Waals surface area contributed by atoms with E-state index in [0.29, 0.717) is 0 Å². The lowest BCUT2D eigenvalue weighted by Crippen LogP contribution is -1.75. The standard InChI is InChI=1S/C16H16/c1-13-3-7-15(8-4-13)11-12-16-9-5-14(2)6-10-16/h3-12H,1-2H3/b12-11-. The second-order valence-corrected chi connectivity index (χ2v) is 4.15. The fraction of sp³-hybridized carbons (Fsp3) is 0.125. The molecule has 0 aliphatic carbocycles. The summed E-state index contributed by atoms with van der Waals surface area (Å²) in [6.07, 6.45) is 4.29. The molecule has 2 aromatic carbocycles. The van der Waals surface area contributed by atoms with E-state index in [4.69, 9.17) is 0 Å². The Bertz CT molecular complexity index is 425. The fourth-order valence-corrected chi connectivity index (χ4v) is 1.55. The van der Waals surface area contributed by atoms with Gasteiger partial charge >= 0.3 is 0 Å². The van der Waals surface area contributed by atoms with Crippen LogP contribution in [0, 0.1) is 13.8 Å². The van der Waals surface area contributed by atoms with Crippen LogP contribution in [0.1, 0.15) is 22.3 Å². The smallest absolute Gasteiger partial charge is 0.0256 e. The Morgan fingerprint density at radius 2 is 0.875 bits per heavy atom. The summed E-state index contributed by atoms with van der Waals surface area (Å²) in [6.45, 7) is 4.21. The molecule has 0 radical (unpaired) electrons. The van der Waals surface area contributed by atoms with Gasteiger partial charge < -0.3 is 0 Å². The lowest BCUT2D eigenvalue weighted by molar-refractivity contribution is 1.46. The van der Waals surface area contributed by atoms with Crippen LogP contribution in [-0.2, 0) is 0 Å². The summed E-state index contributed by atoms with van der Waals surface area (Å²) in [5.74, 6) is 0. The van der Waals surface area contributed by atoms with E-state index in [1.807, 2.05) is 0 Å². The molecule has 16 heavy (non-hydrogen) atoms. The molecule has 0 N–H and O–H groups in total. The van der Waals surface area contributed by atoms with E-state index in [1.54, 1.807) is 0 Å². The van der Waals surface area contributed by atoms with Gasteiger partial charge in [0, 0.05) is 0 Å². The number of aryl methyl sites for hydroxylation is 2. The Balaban J connectivity index is 2.15. The van der Waals surface area contributed by atoms with Gasteiger partial charge in [0.1, 0.15) is 0 Å². The zero-order valence-corrected chi connectivity index (χ0v) is 9.77. The highest BCUT2D eigenvalue weighted by molar-refractivity contribution is 5.69. The first-order chi connectivity index (χ1) is 7.74. The summed E-state index contributed by atoms with van der Waals surface area (Å²) in [5, 5.41) is 0. The van der Waals surface area contributed by atoms with Crippen molar-refractivity contribution in [2.45, 2.75) is 13.8 Å². The van der Waals surface area contributed by atoms with Gasteiger partial charge in [-0.05, 0) is 25.0 Å². The Labute approximate surface area is 97.3 Å². The molecule has 0 unspecified atom stereocenters. The molecule has 0 bridgehead atoms. The van der Waals surface area contributed by atoms with E-state index in [9.17, 15) is 0 Å². The van der Waals surface area contributed by atoms with Gasteiger partial charge in [-0.1, -0.05) is 71.8 Å². The Morgan fingerprint density at radius 1 is 0.562 bits per heavy atom. The fourth-order valence-electron chi connectivity index (χ4n) is 1.55. The lowest BCUT2D eigenvalue weighted by Gasteiger charge is -1.96. The van der Waals surface area contributed by atoms with Gasteiger partial charge in [-0.2, -0.15) is 0 Å². The molecule has 0 aliphatic rings. The molecule has 2 rings (SSSR count). The van der Waals surface area contributed by atoms with Crippen LogP contribution in [-0.4, -0.2) is 0 Å². The molecular weight excluding hydrogens is 192 g/mol. The SMILES string of the molecule is Cc1ccc(/C=C\c2ccc(C)cc2)cc1. The van der Waals surface area contributed by atoms with Gasteiger partial charge in [0.2, 0.25) is 0 Å². The second kappa shape index (κ2) is 4.80. The third kappa shape index (κ3) is 2.83. The average molecular weight is 208 g/mol. The monoisotopic (exact) mass is 208 g/mol. The second-order valence-electron chi connectivity index (χ2n) is 4.15. The topological polar surface area (TPSA) is 0 Å². The van der Waals surface area contributed by atoms with E-state index in [0.717, 1.165) is 0 Å². The predicted molar refractivity (Wildman–Crippen MR) is 71.3 cm³/mol. The molecule has 0 aromatic heterocycles. The van der Waals surface area contributed by atoms with E-state index in [1.165, 1.54) is 22.3 Å². The lowest BCUT2D eigenvalue weighted by atomic mass is 10.1. The largest absolute Gasteiger partial charge is 0.0587 e. The first-order valence-corrected chi connectivity index (χ1v) is 5.55. The zero-order valence-electron chi connectivity index (χ0n) is 9.77. The summed E-state index contributed by atoms with van der Waals surface area (Å²) in [4.78, 5) is 0. The first-order valence-electron chi connectivity index (χ1n) is 5.55. The summed E-state index contributed by atoms with van der Waals surface area (Å²) in [7, 11) is 0. The van der Waals surface area contributed by atoms with Crippen LogP contribution in [0.4, 0.5) is 0 Å². The quantitative estimate of drug-likeness (QED) is 0.638. The van der Waals surface area contributed by atoms with E-state index in [-0.39, 0.29) is 0 Å². The van der Waals surface area contributed by atoms with Crippen molar-refractivity contribution in [3.63, 3.8) is 0 Å². The van der Waals surface area contributed by atoms with Crippen molar-refractivity contribution < 1.29 is 0 Å². The van der Waals surface area contributed by atoms with Gasteiger partial charge in [0.05, 0.1) is 0 Å². The molecule has 0 spiro atoms. The average Bonchev–Trinajstić information content (AvgIpc) is 2.30. The zero-order chi connectivity index (χ0) is 11.4. The number of benzene rings is 2. The summed E-state index contributed by atoms with van der Waals surface area (Å²) in [5.41, 5.74) is 5.08. The maximum absolute atomic E-state index is 2.14. The minimum absolute atomic E-state index is 1.24. The molecule has 0 heterocycles. The van der Waals surface area contributed by atoms with Crippen LogP contribution < -0.4 is 0 Å². The summed E-state index contributed by atoms with van der Waals surface area (Å²) < 4.78 is 0. The Kier molecular flexibility index (Phi) is 3.21. The van der Waals surface area contributed by atoms with Crippen LogP contribution in [0.25, 0.3) is 12.2 Å². The number of hydrogen-bond acceptors (Lipinski definition) is 0. The molecule has 0 atom stereocenters. The van der Waals surface area contributed by atoms with Gasteiger partial charge in [-0.3, -0.25) is 0 Å². The van der Waals surface area contributed by atoms with Gasteiger partial charge in [-0.15, -0.1) is 0 Å². The molecule has 2 aromatic rings. The highest BCUT2D eigenvalue weighted by Crippen LogP contribution is 2.10. The molecule has 0 heteroatoms. The number of hydrogen-bond donors (Lipinski definition) is 0.